The summed E-state index contributed by atoms with van der Waals surface area (Å²) in [5.41, 5.74) is 2.08. The van der Waals surface area contributed by atoms with E-state index >= 15 is 0 Å². The van der Waals surface area contributed by atoms with E-state index in [1.165, 1.54) is 30.0 Å². The highest BCUT2D eigenvalue weighted by atomic mass is 16.2. The third-order valence-electron chi connectivity index (χ3n) is 5.82. The molecule has 1 aliphatic heterocycles. The van der Waals surface area contributed by atoms with Gasteiger partial charge in [0.2, 0.25) is 0 Å². The SMILES string of the molecule is Cc1ccc(-n2[nH]c(C(=O)N3C(C)CC4CCCCC43)cc2=O)cc1. The molecule has 3 unspecified atom stereocenters. The molecule has 2 fully saturated rings. The number of hydrogen-bond acceptors (Lipinski definition) is 2. The molecule has 1 amide bonds. The van der Waals surface area contributed by atoms with Gasteiger partial charge in [-0.2, -0.15) is 0 Å². The molecule has 1 N–H and O–H groups in total. The van der Waals surface area contributed by atoms with Gasteiger partial charge in [0.1, 0.15) is 5.69 Å². The number of benzene rings is 1. The summed E-state index contributed by atoms with van der Waals surface area (Å²) in [6.45, 7) is 4.14. The lowest BCUT2D eigenvalue weighted by molar-refractivity contribution is 0.0627. The Hall–Kier alpha value is -2.30. The number of carbonyl (C=O) groups excluding carboxylic acids is 1. The summed E-state index contributed by atoms with van der Waals surface area (Å²) in [6.07, 6.45) is 5.86. The van der Waals surface area contributed by atoms with Crippen LogP contribution in [0, 0.1) is 12.8 Å². The van der Waals surface area contributed by atoms with Crippen molar-refractivity contribution in [3.8, 4) is 5.69 Å². The number of carbonyl (C=O) groups is 1. The van der Waals surface area contributed by atoms with Gasteiger partial charge in [-0.05, 0) is 51.2 Å². The predicted octanol–water partition coefficient (Wildman–Crippen LogP) is 3.27. The maximum Gasteiger partial charge on any atom is 0.272 e. The second kappa shape index (κ2) is 6.21. The van der Waals surface area contributed by atoms with E-state index in [0.29, 0.717) is 17.7 Å². The van der Waals surface area contributed by atoms with Crippen molar-refractivity contribution in [1.29, 1.82) is 0 Å². The summed E-state index contributed by atoms with van der Waals surface area (Å²) in [5.74, 6) is 0.587. The van der Waals surface area contributed by atoms with Gasteiger partial charge in [-0.15, -0.1) is 0 Å². The van der Waals surface area contributed by atoms with Crippen LogP contribution in [-0.2, 0) is 0 Å². The lowest BCUT2D eigenvalue weighted by Gasteiger charge is -2.32. The first kappa shape index (κ1) is 16.2. The van der Waals surface area contributed by atoms with Crippen LogP contribution >= 0.6 is 0 Å². The largest absolute Gasteiger partial charge is 0.331 e. The molecule has 1 aromatic heterocycles. The van der Waals surface area contributed by atoms with Gasteiger partial charge in [-0.3, -0.25) is 14.7 Å². The van der Waals surface area contributed by atoms with Crippen LogP contribution in [0.4, 0.5) is 0 Å². The second-order valence-corrected chi connectivity index (χ2v) is 7.59. The van der Waals surface area contributed by atoms with Crippen molar-refractivity contribution >= 4 is 5.91 Å². The lowest BCUT2D eigenvalue weighted by Crippen LogP contribution is -2.42. The number of nitrogens with zero attached hydrogens (tertiary/aromatic N) is 2. The van der Waals surface area contributed by atoms with Gasteiger partial charge in [0.05, 0.1) is 5.69 Å². The van der Waals surface area contributed by atoms with Crippen molar-refractivity contribution in [2.75, 3.05) is 0 Å². The van der Waals surface area contributed by atoms with Crippen molar-refractivity contribution in [2.24, 2.45) is 5.92 Å². The summed E-state index contributed by atoms with van der Waals surface area (Å²) < 4.78 is 1.45. The maximum atomic E-state index is 13.1. The molecule has 1 aromatic carbocycles. The van der Waals surface area contributed by atoms with Crippen LogP contribution in [-0.4, -0.2) is 32.7 Å². The highest BCUT2D eigenvalue weighted by Gasteiger charge is 2.43. The van der Waals surface area contributed by atoms with Gasteiger partial charge in [0, 0.05) is 18.2 Å². The van der Waals surface area contributed by atoms with Crippen molar-refractivity contribution in [3.63, 3.8) is 0 Å². The monoisotopic (exact) mass is 339 g/mol. The number of H-pyrrole nitrogens is 1. The molecule has 0 bridgehead atoms. The standard InChI is InChI=1S/C20H25N3O2/c1-13-7-9-16(10-8-13)23-19(24)12-17(21-23)20(25)22-14(2)11-15-5-3-4-6-18(15)22/h7-10,12,14-15,18,21H,3-6,11H2,1-2H3. The van der Waals surface area contributed by atoms with Crippen LogP contribution in [0.3, 0.4) is 0 Å². The van der Waals surface area contributed by atoms with E-state index in [-0.39, 0.29) is 17.5 Å². The van der Waals surface area contributed by atoms with Gasteiger partial charge < -0.3 is 4.90 Å². The smallest absolute Gasteiger partial charge is 0.272 e. The number of hydrogen-bond donors (Lipinski definition) is 1. The van der Waals surface area contributed by atoms with E-state index in [0.717, 1.165) is 24.1 Å². The van der Waals surface area contributed by atoms with E-state index in [4.69, 9.17) is 0 Å². The Morgan fingerprint density at radius 3 is 2.64 bits per heavy atom. The van der Waals surface area contributed by atoms with Crippen molar-refractivity contribution < 1.29 is 4.79 Å². The first-order valence-corrected chi connectivity index (χ1v) is 9.26. The normalized spacial score (nSPS) is 25.8. The molecule has 1 saturated carbocycles. The topological polar surface area (TPSA) is 58.1 Å². The van der Waals surface area contributed by atoms with E-state index in [2.05, 4.69) is 12.0 Å². The molecule has 0 spiro atoms. The molecule has 2 aromatic rings. The van der Waals surface area contributed by atoms with Gasteiger partial charge in [0.15, 0.2) is 0 Å². The van der Waals surface area contributed by atoms with E-state index < -0.39 is 0 Å². The first-order valence-electron chi connectivity index (χ1n) is 9.26. The Morgan fingerprint density at radius 2 is 1.88 bits per heavy atom. The van der Waals surface area contributed by atoms with Crippen LogP contribution in [0.15, 0.2) is 35.1 Å². The fourth-order valence-electron chi connectivity index (χ4n) is 4.59. The fraction of sp³-hybridized carbons (Fsp3) is 0.500. The molecule has 132 valence electrons. The minimum absolute atomic E-state index is 0.0372. The van der Waals surface area contributed by atoms with Gasteiger partial charge in [-0.25, -0.2) is 4.68 Å². The first-order chi connectivity index (χ1) is 12.0. The number of aryl methyl sites for hydroxylation is 1. The number of rotatable bonds is 2. The molecule has 3 atom stereocenters. The summed E-state index contributed by atoms with van der Waals surface area (Å²) in [6, 6.07) is 9.70. The van der Waals surface area contributed by atoms with Crippen LogP contribution in [0.5, 0.6) is 0 Å². The zero-order valence-electron chi connectivity index (χ0n) is 14.9. The van der Waals surface area contributed by atoms with Crippen molar-refractivity contribution in [3.05, 3.63) is 51.9 Å². The van der Waals surface area contributed by atoms with Gasteiger partial charge >= 0.3 is 0 Å². The number of nitrogens with one attached hydrogen (secondary N) is 1. The minimum atomic E-state index is -0.195. The average Bonchev–Trinajstić information content (AvgIpc) is 3.14. The third-order valence-corrected chi connectivity index (χ3v) is 5.82. The molecular weight excluding hydrogens is 314 g/mol. The Kier molecular flexibility index (Phi) is 4.02. The molecule has 5 nitrogen and oxygen atoms in total. The zero-order valence-corrected chi connectivity index (χ0v) is 14.9. The number of aromatic amines is 1. The second-order valence-electron chi connectivity index (χ2n) is 7.59. The molecular formula is C20H25N3O2. The molecule has 4 rings (SSSR count). The number of fused-ring (bicyclic) bond motifs is 1. The molecule has 5 heteroatoms. The van der Waals surface area contributed by atoms with E-state index in [1.54, 1.807) is 0 Å². The van der Waals surface area contributed by atoms with Gasteiger partial charge in [-0.1, -0.05) is 30.5 Å². The third kappa shape index (κ3) is 2.81. The number of aromatic nitrogens is 2. The van der Waals surface area contributed by atoms with Crippen LogP contribution in [0.25, 0.3) is 5.69 Å². The summed E-state index contributed by atoms with van der Waals surface area (Å²) in [7, 11) is 0. The van der Waals surface area contributed by atoms with Crippen molar-refractivity contribution in [1.82, 2.24) is 14.7 Å². The maximum absolute atomic E-state index is 13.1. The number of amides is 1. The van der Waals surface area contributed by atoms with Crippen LogP contribution in [0.1, 0.15) is 55.1 Å². The molecule has 1 aliphatic carbocycles. The van der Waals surface area contributed by atoms with E-state index in [1.807, 2.05) is 36.1 Å². The Morgan fingerprint density at radius 1 is 1.16 bits per heavy atom. The fourth-order valence-corrected chi connectivity index (χ4v) is 4.59. The predicted molar refractivity (Wildman–Crippen MR) is 97.1 cm³/mol. The number of likely N-dealkylation sites (tertiary alicyclic amines) is 1. The minimum Gasteiger partial charge on any atom is -0.331 e. The quantitative estimate of drug-likeness (QED) is 0.913. The Bertz CT molecular complexity index is 833. The molecule has 2 heterocycles. The molecule has 1 saturated heterocycles. The molecule has 2 aliphatic rings. The van der Waals surface area contributed by atoms with Crippen molar-refractivity contribution in [2.45, 2.75) is 58.0 Å². The molecule has 0 radical (unpaired) electrons. The Balaban J connectivity index is 1.64. The lowest BCUT2D eigenvalue weighted by atomic mass is 9.85. The zero-order chi connectivity index (χ0) is 17.6. The summed E-state index contributed by atoms with van der Waals surface area (Å²) in [5, 5.41) is 3.02. The highest BCUT2D eigenvalue weighted by Crippen LogP contribution is 2.40. The average molecular weight is 339 g/mol. The summed E-state index contributed by atoms with van der Waals surface area (Å²) in [4.78, 5) is 27.5. The van der Waals surface area contributed by atoms with E-state index in [9.17, 15) is 9.59 Å². The van der Waals surface area contributed by atoms with Gasteiger partial charge in [0.25, 0.3) is 11.5 Å². The van der Waals surface area contributed by atoms with Crippen LogP contribution in [0.2, 0.25) is 0 Å². The van der Waals surface area contributed by atoms with Crippen LogP contribution < -0.4 is 5.56 Å². The Labute approximate surface area is 147 Å². The summed E-state index contributed by atoms with van der Waals surface area (Å²) >= 11 is 0. The molecule has 25 heavy (non-hydrogen) atoms. The highest BCUT2D eigenvalue weighted by molar-refractivity contribution is 5.93.